The zero-order chi connectivity index (χ0) is 22.1. The molecule has 2 aromatic carbocycles. The van der Waals surface area contributed by atoms with Crippen molar-refractivity contribution in [1.82, 2.24) is 9.97 Å². The van der Waals surface area contributed by atoms with Crippen molar-refractivity contribution in [1.29, 1.82) is 0 Å². The molecule has 3 heterocycles. The third-order valence-electron chi connectivity index (χ3n) is 5.84. The number of carbonyl (C=O) groups excluding carboxylic acids is 1. The fourth-order valence-electron chi connectivity index (χ4n) is 4.14. The van der Waals surface area contributed by atoms with Gasteiger partial charge in [0.05, 0.1) is 5.39 Å². The standard InChI is InChI=1S/C25H24N4O2S/c1-16-26-23(21-15-22(32-25(21)27-16)17-5-3-2-4-6-17)29-13-11-18(12-14-29)24(31)28-19-7-9-20(30)10-8-19/h2-10,15,18,30H,11-14H2,1H3,(H,28,31). The van der Waals surface area contributed by atoms with E-state index in [9.17, 15) is 9.90 Å². The van der Waals surface area contributed by atoms with Crippen molar-refractivity contribution in [3.05, 3.63) is 66.5 Å². The number of rotatable bonds is 4. The lowest BCUT2D eigenvalue weighted by Gasteiger charge is -2.32. The summed E-state index contributed by atoms with van der Waals surface area (Å²) in [5.41, 5.74) is 1.89. The average molecular weight is 445 g/mol. The first-order valence-electron chi connectivity index (χ1n) is 10.8. The van der Waals surface area contributed by atoms with Crippen LogP contribution in [0.25, 0.3) is 20.7 Å². The van der Waals surface area contributed by atoms with Crippen LogP contribution in [0.5, 0.6) is 5.75 Å². The van der Waals surface area contributed by atoms with Crippen molar-refractivity contribution in [2.75, 3.05) is 23.3 Å². The highest BCUT2D eigenvalue weighted by Gasteiger charge is 2.27. The summed E-state index contributed by atoms with van der Waals surface area (Å²) in [6, 6.07) is 19.1. The molecule has 0 atom stereocenters. The zero-order valence-corrected chi connectivity index (χ0v) is 18.6. The molecule has 0 radical (unpaired) electrons. The molecule has 0 aliphatic carbocycles. The number of amides is 1. The number of carbonyl (C=O) groups is 1. The Labute approximate surface area is 190 Å². The smallest absolute Gasteiger partial charge is 0.227 e. The Kier molecular flexibility index (Phi) is 5.49. The predicted octanol–water partition coefficient (Wildman–Crippen LogP) is 5.23. The van der Waals surface area contributed by atoms with Crippen LogP contribution in [0.2, 0.25) is 0 Å². The van der Waals surface area contributed by atoms with E-state index < -0.39 is 0 Å². The summed E-state index contributed by atoms with van der Waals surface area (Å²) in [6.07, 6.45) is 1.54. The molecule has 1 amide bonds. The molecular weight excluding hydrogens is 420 g/mol. The maximum Gasteiger partial charge on any atom is 0.227 e. The van der Waals surface area contributed by atoms with E-state index in [-0.39, 0.29) is 17.6 Å². The number of hydrogen-bond acceptors (Lipinski definition) is 6. The van der Waals surface area contributed by atoms with E-state index in [0.717, 1.165) is 47.8 Å². The molecule has 0 spiro atoms. The van der Waals surface area contributed by atoms with Crippen LogP contribution < -0.4 is 10.2 Å². The topological polar surface area (TPSA) is 78.4 Å². The van der Waals surface area contributed by atoms with Crippen LogP contribution in [0.4, 0.5) is 11.5 Å². The van der Waals surface area contributed by atoms with E-state index in [1.807, 2.05) is 25.1 Å². The number of aryl methyl sites for hydroxylation is 1. The minimum absolute atomic E-state index is 0.0289. The number of fused-ring (bicyclic) bond motifs is 1. The lowest BCUT2D eigenvalue weighted by atomic mass is 9.95. The largest absolute Gasteiger partial charge is 0.508 e. The Morgan fingerprint density at radius 3 is 2.50 bits per heavy atom. The van der Waals surface area contributed by atoms with Gasteiger partial charge in [0.2, 0.25) is 5.91 Å². The summed E-state index contributed by atoms with van der Waals surface area (Å²) < 4.78 is 0. The van der Waals surface area contributed by atoms with Gasteiger partial charge in [-0.15, -0.1) is 11.3 Å². The SMILES string of the molecule is Cc1nc(N2CCC(C(=O)Nc3ccc(O)cc3)CC2)c2cc(-c3ccccc3)sc2n1. The molecular formula is C25H24N4O2S. The van der Waals surface area contributed by atoms with Crippen LogP contribution in [0.15, 0.2) is 60.7 Å². The number of hydrogen-bond donors (Lipinski definition) is 2. The summed E-state index contributed by atoms with van der Waals surface area (Å²) in [6.45, 7) is 3.48. The fourth-order valence-corrected chi connectivity index (χ4v) is 5.22. The lowest BCUT2D eigenvalue weighted by Crippen LogP contribution is -2.38. The van der Waals surface area contributed by atoms with E-state index in [4.69, 9.17) is 4.98 Å². The Bertz CT molecular complexity index is 1250. The van der Waals surface area contributed by atoms with E-state index in [0.29, 0.717) is 5.69 Å². The Morgan fingerprint density at radius 2 is 1.78 bits per heavy atom. The number of aromatic hydroxyl groups is 1. The van der Waals surface area contributed by atoms with E-state index >= 15 is 0 Å². The zero-order valence-electron chi connectivity index (χ0n) is 17.8. The molecule has 4 aromatic rings. The van der Waals surface area contributed by atoms with Crippen molar-refractivity contribution < 1.29 is 9.90 Å². The molecule has 1 aliphatic rings. The van der Waals surface area contributed by atoms with Crippen molar-refractivity contribution in [3.8, 4) is 16.2 Å². The first kappa shape index (κ1) is 20.5. The first-order valence-corrected chi connectivity index (χ1v) is 11.6. The quantitative estimate of drug-likeness (QED) is 0.422. The van der Waals surface area contributed by atoms with Crippen molar-refractivity contribution >= 4 is 39.0 Å². The molecule has 6 nitrogen and oxygen atoms in total. The molecule has 0 unspecified atom stereocenters. The summed E-state index contributed by atoms with van der Waals surface area (Å²) in [5, 5.41) is 13.4. The third-order valence-corrected chi connectivity index (χ3v) is 6.92. The average Bonchev–Trinajstić information content (AvgIpc) is 3.25. The van der Waals surface area contributed by atoms with Gasteiger partial charge in [0, 0.05) is 29.6 Å². The number of phenols is 1. The fraction of sp³-hybridized carbons (Fsp3) is 0.240. The van der Waals surface area contributed by atoms with Gasteiger partial charge in [0.1, 0.15) is 22.2 Å². The highest BCUT2D eigenvalue weighted by molar-refractivity contribution is 7.21. The normalized spacial score (nSPS) is 14.6. The number of aromatic nitrogens is 2. The molecule has 2 aromatic heterocycles. The molecule has 2 N–H and O–H groups in total. The Morgan fingerprint density at radius 1 is 1.06 bits per heavy atom. The van der Waals surface area contributed by atoms with Gasteiger partial charge in [0.15, 0.2) is 0 Å². The molecule has 32 heavy (non-hydrogen) atoms. The number of nitrogens with zero attached hydrogens (tertiary/aromatic N) is 3. The van der Waals surface area contributed by atoms with E-state index in [2.05, 4.69) is 33.4 Å². The van der Waals surface area contributed by atoms with Gasteiger partial charge in [-0.05, 0) is 55.7 Å². The van der Waals surface area contributed by atoms with Crippen LogP contribution in [0.1, 0.15) is 18.7 Å². The van der Waals surface area contributed by atoms with Gasteiger partial charge >= 0.3 is 0 Å². The number of benzene rings is 2. The van der Waals surface area contributed by atoms with Gasteiger partial charge in [-0.3, -0.25) is 4.79 Å². The van der Waals surface area contributed by atoms with Crippen LogP contribution in [0.3, 0.4) is 0 Å². The van der Waals surface area contributed by atoms with Gasteiger partial charge in [-0.25, -0.2) is 9.97 Å². The van der Waals surface area contributed by atoms with E-state index in [1.54, 1.807) is 35.6 Å². The van der Waals surface area contributed by atoms with Crippen LogP contribution in [0, 0.1) is 12.8 Å². The Balaban J connectivity index is 1.33. The van der Waals surface area contributed by atoms with Gasteiger partial charge in [-0.1, -0.05) is 30.3 Å². The van der Waals surface area contributed by atoms with Crippen molar-refractivity contribution in [2.45, 2.75) is 19.8 Å². The lowest BCUT2D eigenvalue weighted by molar-refractivity contribution is -0.120. The summed E-state index contributed by atoms with van der Waals surface area (Å²) in [7, 11) is 0. The molecule has 1 fully saturated rings. The number of piperidine rings is 1. The molecule has 162 valence electrons. The van der Waals surface area contributed by atoms with Gasteiger partial charge in [0.25, 0.3) is 0 Å². The third kappa shape index (κ3) is 4.16. The maximum atomic E-state index is 12.7. The van der Waals surface area contributed by atoms with E-state index in [1.165, 1.54) is 10.4 Å². The summed E-state index contributed by atoms with van der Waals surface area (Å²) >= 11 is 1.69. The number of thiophene rings is 1. The second kappa shape index (κ2) is 8.59. The highest BCUT2D eigenvalue weighted by atomic mass is 32.1. The minimum atomic E-state index is -0.0409. The molecule has 0 bridgehead atoms. The van der Waals surface area contributed by atoms with Crippen LogP contribution >= 0.6 is 11.3 Å². The van der Waals surface area contributed by atoms with Crippen molar-refractivity contribution in [3.63, 3.8) is 0 Å². The van der Waals surface area contributed by atoms with Crippen molar-refractivity contribution in [2.24, 2.45) is 5.92 Å². The summed E-state index contributed by atoms with van der Waals surface area (Å²) in [4.78, 5) is 26.6. The minimum Gasteiger partial charge on any atom is -0.508 e. The number of nitrogens with one attached hydrogen (secondary N) is 1. The Hall–Kier alpha value is -3.45. The van der Waals surface area contributed by atoms with Gasteiger partial charge in [-0.2, -0.15) is 0 Å². The predicted molar refractivity (Wildman–Crippen MR) is 129 cm³/mol. The molecule has 0 saturated carbocycles. The molecule has 5 rings (SSSR count). The van der Waals surface area contributed by atoms with Crippen LogP contribution in [-0.4, -0.2) is 34.1 Å². The molecule has 7 heteroatoms. The second-order valence-corrected chi connectivity index (χ2v) is 9.12. The monoisotopic (exact) mass is 444 g/mol. The second-order valence-electron chi connectivity index (χ2n) is 8.09. The number of anilines is 2. The number of phenolic OH excluding ortho intramolecular Hbond substituents is 1. The highest BCUT2D eigenvalue weighted by Crippen LogP contribution is 2.37. The molecule has 1 saturated heterocycles. The molecule has 1 aliphatic heterocycles. The summed E-state index contributed by atoms with van der Waals surface area (Å²) in [5.74, 6) is 1.90. The maximum absolute atomic E-state index is 12.7. The van der Waals surface area contributed by atoms with Gasteiger partial charge < -0.3 is 15.3 Å². The first-order chi connectivity index (χ1) is 15.6. The van der Waals surface area contributed by atoms with Crippen LogP contribution in [-0.2, 0) is 4.79 Å².